The summed E-state index contributed by atoms with van der Waals surface area (Å²) in [6, 6.07) is 3.61. The zero-order valence-corrected chi connectivity index (χ0v) is 16.3. The molecule has 1 aromatic carbocycles. The average Bonchev–Trinajstić information content (AvgIpc) is 2.82. The van der Waals surface area contributed by atoms with Gasteiger partial charge in [0.1, 0.15) is 0 Å². The van der Waals surface area contributed by atoms with Crippen LogP contribution >= 0.6 is 11.6 Å². The Morgan fingerprint density at radius 1 is 1.38 bits per heavy atom. The van der Waals surface area contributed by atoms with E-state index < -0.39 is 5.91 Å². The number of methoxy groups -OCH3 is 1. The normalized spacial score (nSPS) is 10.8. The number of nitrogens with zero attached hydrogens (tertiary/aromatic N) is 2. The number of ether oxygens (including phenoxy) is 2. The Labute approximate surface area is 158 Å². The molecule has 2 rings (SSSR count). The van der Waals surface area contributed by atoms with Crippen molar-refractivity contribution in [1.29, 1.82) is 0 Å². The summed E-state index contributed by atoms with van der Waals surface area (Å²) in [5.74, 6) is 0.211. The van der Waals surface area contributed by atoms with Crippen LogP contribution in [0.3, 0.4) is 0 Å². The second kappa shape index (κ2) is 8.91. The molecule has 0 spiro atoms. The van der Waals surface area contributed by atoms with E-state index in [0.29, 0.717) is 23.1 Å². The lowest BCUT2D eigenvalue weighted by molar-refractivity contribution is -0.119. The summed E-state index contributed by atoms with van der Waals surface area (Å²) < 4.78 is 12.5. The Bertz CT molecular complexity index is 789. The SMILES string of the molecule is COc1cc(CNCCc2c(C)nn(C)c2C)cc(Cl)c1OCC(N)=O. The highest BCUT2D eigenvalue weighted by atomic mass is 35.5. The fourth-order valence-electron chi connectivity index (χ4n) is 2.78. The van der Waals surface area contributed by atoms with Crippen molar-refractivity contribution in [2.24, 2.45) is 12.8 Å². The van der Waals surface area contributed by atoms with Crippen LogP contribution in [0.15, 0.2) is 12.1 Å². The van der Waals surface area contributed by atoms with Gasteiger partial charge in [0.2, 0.25) is 0 Å². The van der Waals surface area contributed by atoms with Crippen LogP contribution in [0.25, 0.3) is 0 Å². The second-order valence-electron chi connectivity index (χ2n) is 6.06. The number of nitrogens with two attached hydrogens (primary N) is 1. The molecule has 0 unspecified atom stereocenters. The molecule has 0 atom stereocenters. The van der Waals surface area contributed by atoms with Crippen molar-refractivity contribution >= 4 is 17.5 Å². The first-order chi connectivity index (χ1) is 12.3. The Kier molecular flexibility index (Phi) is 6.88. The van der Waals surface area contributed by atoms with E-state index in [-0.39, 0.29) is 6.61 Å². The number of nitrogens with one attached hydrogen (secondary N) is 1. The van der Waals surface area contributed by atoms with Crippen molar-refractivity contribution in [3.05, 3.63) is 39.7 Å². The Hall–Kier alpha value is -2.25. The summed E-state index contributed by atoms with van der Waals surface area (Å²) in [6.45, 7) is 5.29. The van der Waals surface area contributed by atoms with Gasteiger partial charge in [0, 0.05) is 19.3 Å². The number of carbonyl (C=O) groups excluding carboxylic acids is 1. The number of hydrogen-bond acceptors (Lipinski definition) is 5. The number of primary amides is 1. The van der Waals surface area contributed by atoms with E-state index in [1.807, 2.05) is 24.7 Å². The molecule has 1 amide bonds. The van der Waals surface area contributed by atoms with Crippen molar-refractivity contribution < 1.29 is 14.3 Å². The largest absolute Gasteiger partial charge is 0.493 e. The van der Waals surface area contributed by atoms with Gasteiger partial charge in [-0.3, -0.25) is 9.48 Å². The maximum atomic E-state index is 10.9. The number of amides is 1. The first-order valence-electron chi connectivity index (χ1n) is 8.30. The second-order valence-corrected chi connectivity index (χ2v) is 6.47. The number of hydrogen-bond donors (Lipinski definition) is 2. The lowest BCUT2D eigenvalue weighted by atomic mass is 10.1. The van der Waals surface area contributed by atoms with E-state index in [4.69, 9.17) is 26.8 Å². The highest BCUT2D eigenvalue weighted by Gasteiger charge is 2.13. The quantitative estimate of drug-likeness (QED) is 0.648. The van der Waals surface area contributed by atoms with Crippen LogP contribution in [-0.2, 0) is 24.8 Å². The monoisotopic (exact) mass is 380 g/mol. The predicted molar refractivity (Wildman–Crippen MR) is 101 cm³/mol. The lowest BCUT2D eigenvalue weighted by Crippen LogP contribution is -2.20. The minimum atomic E-state index is -0.574. The molecule has 142 valence electrons. The number of carbonyl (C=O) groups is 1. The summed E-state index contributed by atoms with van der Waals surface area (Å²) in [5.41, 5.74) is 9.57. The predicted octanol–water partition coefficient (Wildman–Crippen LogP) is 1.90. The molecule has 2 aromatic rings. The number of benzene rings is 1. The van der Waals surface area contributed by atoms with Crippen LogP contribution in [0.1, 0.15) is 22.5 Å². The zero-order valence-electron chi connectivity index (χ0n) is 15.6. The van der Waals surface area contributed by atoms with Crippen LogP contribution in [0, 0.1) is 13.8 Å². The maximum absolute atomic E-state index is 10.9. The Morgan fingerprint density at radius 3 is 2.69 bits per heavy atom. The van der Waals surface area contributed by atoms with Gasteiger partial charge in [-0.25, -0.2) is 0 Å². The zero-order chi connectivity index (χ0) is 19.3. The highest BCUT2D eigenvalue weighted by Crippen LogP contribution is 2.36. The molecular weight excluding hydrogens is 356 g/mol. The van der Waals surface area contributed by atoms with Gasteiger partial charge in [-0.2, -0.15) is 5.10 Å². The van der Waals surface area contributed by atoms with Crippen molar-refractivity contribution in [3.63, 3.8) is 0 Å². The highest BCUT2D eigenvalue weighted by molar-refractivity contribution is 6.32. The van der Waals surface area contributed by atoms with E-state index in [0.717, 1.165) is 24.2 Å². The number of aryl methyl sites for hydroxylation is 2. The van der Waals surface area contributed by atoms with E-state index in [1.54, 1.807) is 6.07 Å². The third-order valence-electron chi connectivity index (χ3n) is 4.19. The minimum Gasteiger partial charge on any atom is -0.493 e. The summed E-state index contributed by atoms with van der Waals surface area (Å²) in [6.07, 6.45) is 0.899. The number of halogens is 1. The molecule has 0 saturated carbocycles. The Balaban J connectivity index is 1.97. The third-order valence-corrected chi connectivity index (χ3v) is 4.47. The third kappa shape index (κ3) is 4.89. The summed E-state index contributed by atoms with van der Waals surface area (Å²) in [4.78, 5) is 10.9. The molecule has 1 heterocycles. The van der Waals surface area contributed by atoms with Crippen LogP contribution in [0.2, 0.25) is 5.02 Å². The molecule has 8 heteroatoms. The van der Waals surface area contributed by atoms with Crippen LogP contribution in [0.4, 0.5) is 0 Å². The van der Waals surface area contributed by atoms with E-state index in [2.05, 4.69) is 17.3 Å². The van der Waals surface area contributed by atoms with Gasteiger partial charge >= 0.3 is 0 Å². The first-order valence-corrected chi connectivity index (χ1v) is 8.68. The first kappa shape index (κ1) is 20.1. The molecule has 0 bridgehead atoms. The fraction of sp³-hybridized carbons (Fsp3) is 0.444. The number of aromatic nitrogens is 2. The van der Waals surface area contributed by atoms with Gasteiger partial charge < -0.3 is 20.5 Å². The fourth-order valence-corrected chi connectivity index (χ4v) is 3.07. The van der Waals surface area contributed by atoms with E-state index >= 15 is 0 Å². The molecule has 0 aliphatic carbocycles. The average molecular weight is 381 g/mol. The lowest BCUT2D eigenvalue weighted by Gasteiger charge is -2.14. The molecule has 26 heavy (non-hydrogen) atoms. The maximum Gasteiger partial charge on any atom is 0.255 e. The van der Waals surface area contributed by atoms with Crippen molar-refractivity contribution in [2.45, 2.75) is 26.8 Å². The molecule has 0 radical (unpaired) electrons. The van der Waals surface area contributed by atoms with Gasteiger partial charge in [0.15, 0.2) is 18.1 Å². The van der Waals surface area contributed by atoms with Crippen LogP contribution < -0.4 is 20.5 Å². The molecule has 0 aliphatic heterocycles. The molecule has 7 nitrogen and oxygen atoms in total. The minimum absolute atomic E-state index is 0.252. The molecule has 3 N–H and O–H groups in total. The molecule has 0 fully saturated rings. The Morgan fingerprint density at radius 2 is 2.12 bits per heavy atom. The van der Waals surface area contributed by atoms with Crippen molar-refractivity contribution in [2.75, 3.05) is 20.3 Å². The van der Waals surface area contributed by atoms with Crippen molar-refractivity contribution in [3.8, 4) is 11.5 Å². The van der Waals surface area contributed by atoms with Gasteiger partial charge in [-0.1, -0.05) is 11.6 Å². The van der Waals surface area contributed by atoms with Gasteiger partial charge in [-0.05, 0) is 50.1 Å². The summed E-state index contributed by atoms with van der Waals surface area (Å²) in [5, 5.41) is 8.20. The smallest absolute Gasteiger partial charge is 0.255 e. The van der Waals surface area contributed by atoms with Crippen LogP contribution in [-0.4, -0.2) is 35.9 Å². The van der Waals surface area contributed by atoms with E-state index in [1.165, 1.54) is 18.4 Å². The molecule has 0 aliphatic rings. The standard InChI is InChI=1S/C18H25ClN4O3/c1-11-14(12(2)23(3)22-11)5-6-21-9-13-7-15(19)18(16(8-13)25-4)26-10-17(20)24/h7-8,21H,5-6,9-10H2,1-4H3,(H2,20,24). The summed E-state index contributed by atoms with van der Waals surface area (Å²) >= 11 is 6.25. The summed E-state index contributed by atoms with van der Waals surface area (Å²) in [7, 11) is 3.48. The molecule has 0 saturated heterocycles. The van der Waals surface area contributed by atoms with Gasteiger partial charge in [-0.15, -0.1) is 0 Å². The topological polar surface area (TPSA) is 91.4 Å². The molecule has 1 aromatic heterocycles. The van der Waals surface area contributed by atoms with Crippen molar-refractivity contribution in [1.82, 2.24) is 15.1 Å². The van der Waals surface area contributed by atoms with E-state index in [9.17, 15) is 4.79 Å². The number of rotatable bonds is 9. The van der Waals surface area contributed by atoms with Gasteiger partial charge in [0.25, 0.3) is 5.91 Å². The van der Waals surface area contributed by atoms with Gasteiger partial charge in [0.05, 0.1) is 17.8 Å². The van der Waals surface area contributed by atoms with Crippen LogP contribution in [0.5, 0.6) is 11.5 Å². The molecular formula is C18H25ClN4O3.